The third-order valence-corrected chi connectivity index (χ3v) is 15.9. The van der Waals surface area contributed by atoms with Gasteiger partial charge in [-0.05, 0) is 124 Å². The van der Waals surface area contributed by atoms with Gasteiger partial charge in [-0.25, -0.2) is 0 Å². The van der Waals surface area contributed by atoms with Crippen molar-refractivity contribution in [3.8, 4) is 67.2 Å². The highest BCUT2D eigenvalue weighted by atomic mass is 14.8. The van der Waals surface area contributed by atoms with Gasteiger partial charge < -0.3 is 0 Å². The number of benzene rings is 9. The average Bonchev–Trinajstić information content (AvgIpc) is 3.70. The minimum absolute atomic E-state index is 0.0176. The summed E-state index contributed by atoms with van der Waals surface area (Å²) >= 11 is 0. The average molecular weight is 1080 g/mol. The number of pyridine rings is 3. The van der Waals surface area contributed by atoms with Gasteiger partial charge in [-0.3, -0.25) is 29.9 Å². The van der Waals surface area contributed by atoms with Crippen molar-refractivity contribution >= 4 is 34.2 Å². The summed E-state index contributed by atoms with van der Waals surface area (Å²) in [5.74, 6) is -0.0528. The van der Waals surface area contributed by atoms with Gasteiger partial charge in [0.05, 0.1) is 69.9 Å². The largest absolute Gasteiger partial charge is 0.254 e. The summed E-state index contributed by atoms with van der Waals surface area (Å²) in [6.45, 7) is 0. The number of hydrogen-bond acceptors (Lipinski definition) is 6. The first-order valence-electron chi connectivity index (χ1n) is 28.9. The molecule has 0 amide bonds. The molecule has 12 aromatic rings. The monoisotopic (exact) mass is 1080 g/mol. The first-order chi connectivity index (χ1) is 41.6. The second-order valence-corrected chi connectivity index (χ2v) is 21.4. The lowest BCUT2D eigenvalue weighted by atomic mass is 9.68. The molecule has 1 fully saturated rings. The van der Waals surface area contributed by atoms with Crippen LogP contribution in [0.2, 0.25) is 0 Å². The minimum atomic E-state index is -0.0176. The highest BCUT2D eigenvalue weighted by Crippen LogP contribution is 2.42. The summed E-state index contributed by atoms with van der Waals surface area (Å²) < 4.78 is 0. The lowest BCUT2D eigenvalue weighted by Crippen LogP contribution is -2.36. The Balaban J connectivity index is 0.903. The number of rotatable bonds is 15. The maximum absolute atomic E-state index is 5.64. The van der Waals surface area contributed by atoms with Crippen molar-refractivity contribution in [3.05, 3.63) is 326 Å². The summed E-state index contributed by atoms with van der Waals surface area (Å²) in [4.78, 5) is 32.1. The highest BCUT2D eigenvalue weighted by molar-refractivity contribution is 6.09. The predicted octanol–water partition coefficient (Wildman–Crippen LogP) is 19.7. The van der Waals surface area contributed by atoms with Crippen molar-refractivity contribution in [2.75, 3.05) is 0 Å². The van der Waals surface area contributed by atoms with Gasteiger partial charge >= 0.3 is 0 Å². The highest BCUT2D eigenvalue weighted by Gasteiger charge is 2.38. The van der Waals surface area contributed by atoms with E-state index in [1.807, 2.05) is 36.8 Å². The van der Waals surface area contributed by atoms with Crippen LogP contribution >= 0.6 is 0 Å². The van der Waals surface area contributed by atoms with Gasteiger partial charge in [0.15, 0.2) is 0 Å². The number of nitrogens with zero attached hydrogens (tertiary/aromatic N) is 6. The third kappa shape index (κ3) is 12.3. The van der Waals surface area contributed by atoms with E-state index in [1.165, 1.54) is 16.7 Å². The van der Waals surface area contributed by atoms with Crippen LogP contribution in [0, 0.1) is 17.8 Å². The molecule has 3 heterocycles. The molecular formula is C78H60N6. The molecule has 1 aliphatic carbocycles. The van der Waals surface area contributed by atoms with Gasteiger partial charge in [0.2, 0.25) is 0 Å². The molecule has 1 saturated carbocycles. The number of aromatic nitrogens is 3. The molecule has 9 aromatic carbocycles. The van der Waals surface area contributed by atoms with E-state index in [-0.39, 0.29) is 17.8 Å². The van der Waals surface area contributed by atoms with E-state index < -0.39 is 0 Å². The predicted molar refractivity (Wildman–Crippen MR) is 348 cm³/mol. The molecule has 402 valence electrons. The summed E-state index contributed by atoms with van der Waals surface area (Å²) in [6, 6.07) is 102. The maximum atomic E-state index is 5.64. The Labute approximate surface area is 492 Å². The third-order valence-electron chi connectivity index (χ3n) is 15.9. The molecule has 0 bridgehead atoms. The van der Waals surface area contributed by atoms with Crippen LogP contribution in [-0.4, -0.2) is 32.1 Å². The van der Waals surface area contributed by atoms with Crippen molar-refractivity contribution in [2.45, 2.75) is 19.3 Å². The Morgan fingerprint density at radius 2 is 0.476 bits per heavy atom. The Bertz CT molecular complexity index is 3780. The van der Waals surface area contributed by atoms with E-state index in [9.17, 15) is 0 Å². The fourth-order valence-electron chi connectivity index (χ4n) is 11.7. The zero-order valence-electron chi connectivity index (χ0n) is 46.5. The van der Waals surface area contributed by atoms with E-state index in [4.69, 9.17) is 29.9 Å². The molecule has 6 heteroatoms. The van der Waals surface area contributed by atoms with E-state index in [0.29, 0.717) is 0 Å². The van der Waals surface area contributed by atoms with E-state index in [2.05, 4.69) is 273 Å². The minimum Gasteiger partial charge on any atom is -0.254 e. The molecule has 0 N–H and O–H groups in total. The lowest BCUT2D eigenvalue weighted by molar-refractivity contribution is 0.338. The quantitative estimate of drug-likeness (QED) is 0.0960. The zero-order valence-corrected chi connectivity index (χ0v) is 46.5. The van der Waals surface area contributed by atoms with Crippen LogP contribution in [0.5, 0.6) is 0 Å². The van der Waals surface area contributed by atoms with Gasteiger partial charge in [-0.1, -0.05) is 237 Å². The van der Waals surface area contributed by atoms with Crippen LogP contribution in [0.4, 0.5) is 17.1 Å². The van der Waals surface area contributed by atoms with Crippen molar-refractivity contribution < 1.29 is 0 Å². The molecule has 0 atom stereocenters. The summed E-state index contributed by atoms with van der Waals surface area (Å²) in [5.41, 5.74) is 21.5. The summed E-state index contributed by atoms with van der Waals surface area (Å²) in [7, 11) is 0. The molecule has 0 unspecified atom stereocenters. The normalized spacial score (nSPS) is 15.6. The lowest BCUT2D eigenvalue weighted by Gasteiger charge is -2.37. The Morgan fingerprint density at radius 3 is 0.726 bits per heavy atom. The van der Waals surface area contributed by atoms with Gasteiger partial charge in [0.1, 0.15) is 0 Å². The molecule has 0 aliphatic heterocycles. The standard InChI is InChI=1S/C78H60N6/c1-7-22-55(23-8-1)61-34-19-37-64(46-61)73-43-40-70(52-79-73)82-76(58-28-13-4-14-29-58)67-49-68(77(59-30-15-5-16-31-59)83-71-41-44-74(80-53-71)65-38-20-35-62(47-65)56-24-9-2-10-25-56)51-69(50-67)78(60-32-17-6-18-33-60)84-72-42-45-75(81-54-72)66-39-21-36-63(48-66)57-26-11-3-12-27-57/h1-48,52-54,67-69H,49-51H2/b82-76-,83-77-,84-78-. The number of aliphatic imine (C=N–C) groups is 3. The van der Waals surface area contributed by atoms with Crippen molar-refractivity contribution in [1.29, 1.82) is 0 Å². The molecule has 84 heavy (non-hydrogen) atoms. The fourth-order valence-corrected chi connectivity index (χ4v) is 11.7. The van der Waals surface area contributed by atoms with Crippen LogP contribution in [0.1, 0.15) is 36.0 Å². The maximum Gasteiger partial charge on any atom is 0.0817 e. The molecule has 3 aromatic heterocycles. The Hall–Kier alpha value is -10.6. The van der Waals surface area contributed by atoms with E-state index >= 15 is 0 Å². The Kier molecular flexibility index (Phi) is 15.8. The topological polar surface area (TPSA) is 75.8 Å². The van der Waals surface area contributed by atoms with Crippen LogP contribution < -0.4 is 0 Å². The second-order valence-electron chi connectivity index (χ2n) is 21.4. The molecule has 0 saturated heterocycles. The molecular weight excluding hydrogens is 1020 g/mol. The van der Waals surface area contributed by atoms with Crippen LogP contribution in [0.15, 0.2) is 325 Å². The molecule has 13 rings (SSSR count). The van der Waals surface area contributed by atoms with Crippen LogP contribution in [0.25, 0.3) is 67.2 Å². The first kappa shape index (κ1) is 52.8. The molecule has 0 spiro atoms. The fraction of sp³-hybridized carbons (Fsp3) is 0.0769. The van der Waals surface area contributed by atoms with Gasteiger partial charge in [-0.15, -0.1) is 0 Å². The number of hydrogen-bond donors (Lipinski definition) is 0. The first-order valence-corrected chi connectivity index (χ1v) is 28.9. The van der Waals surface area contributed by atoms with Gasteiger partial charge in [0, 0.05) is 34.4 Å². The van der Waals surface area contributed by atoms with Crippen molar-refractivity contribution in [2.24, 2.45) is 32.7 Å². The van der Waals surface area contributed by atoms with E-state index in [0.717, 1.165) is 121 Å². The molecule has 0 radical (unpaired) electrons. The summed E-state index contributed by atoms with van der Waals surface area (Å²) in [5, 5.41) is 0. The smallest absolute Gasteiger partial charge is 0.0817 e. The zero-order chi connectivity index (χ0) is 56.3. The van der Waals surface area contributed by atoms with E-state index in [1.54, 1.807) is 0 Å². The molecule has 1 aliphatic rings. The van der Waals surface area contributed by atoms with Gasteiger partial charge in [0.25, 0.3) is 0 Å². The molecule has 6 nitrogen and oxygen atoms in total. The SMILES string of the molecule is c1ccc(/C(=N/c2ccc(-c3cccc(-c4ccccc4)c3)nc2)C2CC(/C(=N\c3ccc(-c4cccc(-c5ccccc5)c4)nc3)c3ccccc3)CC(/C(=N\c3ccc(-c4cccc(-c5ccccc5)c4)nc3)c3ccccc3)C2)cc1. The van der Waals surface area contributed by atoms with Crippen LogP contribution in [-0.2, 0) is 0 Å². The Morgan fingerprint density at radius 1 is 0.238 bits per heavy atom. The van der Waals surface area contributed by atoms with Crippen LogP contribution in [0.3, 0.4) is 0 Å². The van der Waals surface area contributed by atoms with Crippen molar-refractivity contribution in [3.63, 3.8) is 0 Å². The van der Waals surface area contributed by atoms with Gasteiger partial charge in [-0.2, -0.15) is 0 Å². The van der Waals surface area contributed by atoms with Crippen molar-refractivity contribution in [1.82, 2.24) is 15.0 Å². The second kappa shape index (κ2) is 25.1. The summed E-state index contributed by atoms with van der Waals surface area (Å²) in [6.07, 6.45) is 8.15.